The standard InChI is InChI=1S/C20H21FN4O2/c21-16-4-6-18(7-5-16)27-15-20(26)24-11-9-23(10-12-24)14-17-13-22-19-3-1-2-8-25(17)19/h1-8,13H,9-12,14-15H2. The number of piperazine rings is 1. The summed E-state index contributed by atoms with van der Waals surface area (Å²) in [4.78, 5) is 20.9. The zero-order valence-electron chi connectivity index (χ0n) is 14.9. The molecule has 6 nitrogen and oxygen atoms in total. The number of aromatic nitrogens is 2. The molecule has 4 rings (SSSR count). The molecule has 1 amide bonds. The molecule has 1 aromatic carbocycles. The molecule has 1 aliphatic heterocycles. The Labute approximate surface area is 156 Å². The largest absolute Gasteiger partial charge is 0.484 e. The number of benzene rings is 1. The van der Waals surface area contributed by atoms with Gasteiger partial charge in [0.05, 0.1) is 11.9 Å². The number of carbonyl (C=O) groups excluding carboxylic acids is 1. The van der Waals surface area contributed by atoms with Crippen LogP contribution in [0.2, 0.25) is 0 Å². The predicted octanol–water partition coefficient (Wildman–Crippen LogP) is 2.20. The molecule has 0 atom stereocenters. The van der Waals surface area contributed by atoms with Crippen molar-refractivity contribution >= 4 is 11.6 Å². The number of fused-ring (bicyclic) bond motifs is 1. The molecule has 0 aliphatic carbocycles. The molecule has 3 heterocycles. The highest BCUT2D eigenvalue weighted by molar-refractivity contribution is 5.77. The number of pyridine rings is 1. The van der Waals surface area contributed by atoms with Crippen LogP contribution in [0.3, 0.4) is 0 Å². The van der Waals surface area contributed by atoms with E-state index in [1.165, 1.54) is 24.3 Å². The Morgan fingerprint density at radius 2 is 1.85 bits per heavy atom. The summed E-state index contributed by atoms with van der Waals surface area (Å²) >= 11 is 0. The van der Waals surface area contributed by atoms with E-state index in [0.29, 0.717) is 18.8 Å². The minimum Gasteiger partial charge on any atom is -0.484 e. The Balaban J connectivity index is 1.27. The highest BCUT2D eigenvalue weighted by Gasteiger charge is 2.22. The summed E-state index contributed by atoms with van der Waals surface area (Å²) in [6.07, 6.45) is 3.92. The van der Waals surface area contributed by atoms with E-state index in [0.717, 1.165) is 31.0 Å². The zero-order chi connectivity index (χ0) is 18.6. The fourth-order valence-electron chi connectivity index (χ4n) is 3.25. The molecular formula is C20H21FN4O2. The van der Waals surface area contributed by atoms with Gasteiger partial charge in [-0.3, -0.25) is 9.69 Å². The third kappa shape index (κ3) is 4.09. The number of hydrogen-bond acceptors (Lipinski definition) is 4. The second kappa shape index (κ2) is 7.75. The molecule has 0 saturated carbocycles. The van der Waals surface area contributed by atoms with Gasteiger partial charge in [-0.1, -0.05) is 6.07 Å². The Morgan fingerprint density at radius 3 is 2.63 bits per heavy atom. The highest BCUT2D eigenvalue weighted by Crippen LogP contribution is 2.13. The van der Waals surface area contributed by atoms with Gasteiger partial charge in [0.1, 0.15) is 17.2 Å². The molecule has 0 spiro atoms. The molecule has 0 N–H and O–H groups in total. The van der Waals surface area contributed by atoms with Gasteiger partial charge < -0.3 is 14.0 Å². The van der Waals surface area contributed by atoms with Crippen molar-refractivity contribution in [1.29, 1.82) is 0 Å². The minimum atomic E-state index is -0.323. The van der Waals surface area contributed by atoms with Crippen LogP contribution >= 0.6 is 0 Å². The minimum absolute atomic E-state index is 0.0289. The number of halogens is 1. The summed E-state index contributed by atoms with van der Waals surface area (Å²) in [5.41, 5.74) is 2.09. The molecule has 140 valence electrons. The van der Waals surface area contributed by atoms with Crippen molar-refractivity contribution in [2.45, 2.75) is 6.54 Å². The van der Waals surface area contributed by atoms with Crippen LogP contribution in [-0.4, -0.2) is 57.9 Å². The van der Waals surface area contributed by atoms with Crippen LogP contribution in [0.4, 0.5) is 4.39 Å². The molecule has 0 unspecified atom stereocenters. The van der Waals surface area contributed by atoms with Crippen LogP contribution in [0.25, 0.3) is 5.65 Å². The molecule has 0 bridgehead atoms. The van der Waals surface area contributed by atoms with E-state index in [-0.39, 0.29) is 18.3 Å². The van der Waals surface area contributed by atoms with Gasteiger partial charge in [0.25, 0.3) is 5.91 Å². The lowest BCUT2D eigenvalue weighted by molar-refractivity contribution is -0.135. The van der Waals surface area contributed by atoms with Crippen LogP contribution in [0, 0.1) is 5.82 Å². The topological polar surface area (TPSA) is 50.1 Å². The van der Waals surface area contributed by atoms with Crippen molar-refractivity contribution in [1.82, 2.24) is 19.2 Å². The van der Waals surface area contributed by atoms with E-state index >= 15 is 0 Å². The van der Waals surface area contributed by atoms with Crippen molar-refractivity contribution in [3.63, 3.8) is 0 Å². The van der Waals surface area contributed by atoms with Gasteiger partial charge in [-0.25, -0.2) is 9.37 Å². The highest BCUT2D eigenvalue weighted by atomic mass is 19.1. The fourth-order valence-corrected chi connectivity index (χ4v) is 3.25. The summed E-state index contributed by atoms with van der Waals surface area (Å²) in [6, 6.07) is 11.6. The van der Waals surface area contributed by atoms with Gasteiger partial charge in [0, 0.05) is 38.9 Å². The number of imidazole rings is 1. The van der Waals surface area contributed by atoms with Gasteiger partial charge in [0.2, 0.25) is 0 Å². The van der Waals surface area contributed by atoms with Crippen molar-refractivity contribution in [3.8, 4) is 5.75 Å². The number of rotatable bonds is 5. The maximum Gasteiger partial charge on any atom is 0.260 e. The molecular weight excluding hydrogens is 347 g/mol. The molecule has 2 aromatic heterocycles. The smallest absolute Gasteiger partial charge is 0.260 e. The third-order valence-electron chi connectivity index (χ3n) is 4.78. The average Bonchev–Trinajstić information content (AvgIpc) is 3.11. The van der Waals surface area contributed by atoms with Crippen LogP contribution < -0.4 is 4.74 Å². The number of nitrogens with zero attached hydrogens (tertiary/aromatic N) is 4. The first kappa shape index (κ1) is 17.5. The number of hydrogen-bond donors (Lipinski definition) is 0. The van der Waals surface area contributed by atoms with E-state index in [1.807, 2.05) is 35.5 Å². The maximum absolute atomic E-state index is 12.9. The molecule has 1 aliphatic rings. The van der Waals surface area contributed by atoms with Crippen LogP contribution in [0.1, 0.15) is 5.69 Å². The molecule has 1 fully saturated rings. The van der Waals surface area contributed by atoms with Crippen LogP contribution in [-0.2, 0) is 11.3 Å². The summed E-state index contributed by atoms with van der Waals surface area (Å²) < 4.78 is 20.4. The predicted molar refractivity (Wildman–Crippen MR) is 98.9 cm³/mol. The first-order valence-corrected chi connectivity index (χ1v) is 8.98. The molecule has 1 saturated heterocycles. The van der Waals surface area contributed by atoms with Crippen LogP contribution in [0.15, 0.2) is 54.9 Å². The second-order valence-corrected chi connectivity index (χ2v) is 6.58. The Morgan fingerprint density at radius 1 is 1.07 bits per heavy atom. The lowest BCUT2D eigenvalue weighted by Gasteiger charge is -2.34. The summed E-state index contributed by atoms with van der Waals surface area (Å²) in [5, 5.41) is 0. The Bertz CT molecular complexity index is 917. The van der Waals surface area contributed by atoms with E-state index < -0.39 is 0 Å². The molecule has 7 heteroatoms. The quantitative estimate of drug-likeness (QED) is 0.693. The summed E-state index contributed by atoms with van der Waals surface area (Å²) in [7, 11) is 0. The van der Waals surface area contributed by atoms with Crippen molar-refractivity contribution in [3.05, 3.63) is 66.4 Å². The average molecular weight is 368 g/mol. The van der Waals surface area contributed by atoms with Crippen molar-refractivity contribution in [2.75, 3.05) is 32.8 Å². The first-order chi connectivity index (χ1) is 13.2. The van der Waals surface area contributed by atoms with Gasteiger partial charge in [0.15, 0.2) is 6.61 Å². The second-order valence-electron chi connectivity index (χ2n) is 6.58. The normalized spacial score (nSPS) is 15.2. The Hall–Kier alpha value is -2.93. The van der Waals surface area contributed by atoms with Gasteiger partial charge in [-0.2, -0.15) is 0 Å². The number of carbonyl (C=O) groups is 1. The first-order valence-electron chi connectivity index (χ1n) is 8.98. The summed E-state index contributed by atoms with van der Waals surface area (Å²) in [5.74, 6) is 0.125. The van der Waals surface area contributed by atoms with Crippen LogP contribution in [0.5, 0.6) is 5.75 Å². The zero-order valence-corrected chi connectivity index (χ0v) is 14.9. The maximum atomic E-state index is 12.9. The third-order valence-corrected chi connectivity index (χ3v) is 4.78. The van der Waals surface area contributed by atoms with E-state index in [9.17, 15) is 9.18 Å². The van der Waals surface area contributed by atoms with Gasteiger partial charge in [-0.05, 0) is 36.4 Å². The lowest BCUT2D eigenvalue weighted by atomic mass is 10.3. The Kier molecular flexibility index (Phi) is 5.02. The van der Waals surface area contributed by atoms with Crippen molar-refractivity contribution < 1.29 is 13.9 Å². The van der Waals surface area contributed by atoms with Gasteiger partial charge >= 0.3 is 0 Å². The SMILES string of the molecule is O=C(COc1ccc(F)cc1)N1CCN(Cc2cnc3ccccn23)CC1. The monoisotopic (exact) mass is 368 g/mol. The van der Waals surface area contributed by atoms with Crippen molar-refractivity contribution in [2.24, 2.45) is 0 Å². The molecule has 3 aromatic rings. The number of ether oxygens (including phenoxy) is 1. The molecule has 27 heavy (non-hydrogen) atoms. The molecule has 0 radical (unpaired) electrons. The fraction of sp³-hybridized carbons (Fsp3) is 0.300. The number of amides is 1. The van der Waals surface area contributed by atoms with E-state index in [2.05, 4.69) is 14.3 Å². The summed E-state index contributed by atoms with van der Waals surface area (Å²) in [6.45, 7) is 3.73. The van der Waals surface area contributed by atoms with E-state index in [1.54, 1.807) is 0 Å². The lowest BCUT2D eigenvalue weighted by Crippen LogP contribution is -2.49. The van der Waals surface area contributed by atoms with Gasteiger partial charge in [-0.15, -0.1) is 0 Å². The van der Waals surface area contributed by atoms with E-state index in [4.69, 9.17) is 4.74 Å².